The number of terminal acetylenes is 1. The number of carbonyl (C=O) groups is 1. The van der Waals surface area contributed by atoms with Gasteiger partial charge in [-0.25, -0.2) is 14.8 Å². The maximum Gasteiger partial charge on any atom is 0.327 e. The molecule has 1 unspecified atom stereocenters. The van der Waals surface area contributed by atoms with Crippen LogP contribution >= 0.6 is 0 Å². The lowest BCUT2D eigenvalue weighted by atomic mass is 10.2. The molecule has 0 saturated carbocycles. The van der Waals surface area contributed by atoms with Gasteiger partial charge >= 0.3 is 5.97 Å². The van der Waals surface area contributed by atoms with Gasteiger partial charge in [-0.3, -0.25) is 4.68 Å². The third kappa shape index (κ3) is 2.08. The summed E-state index contributed by atoms with van der Waals surface area (Å²) in [7, 11) is 1.75. The van der Waals surface area contributed by atoms with Crippen LogP contribution < -0.4 is 5.32 Å². The van der Waals surface area contributed by atoms with Crippen molar-refractivity contribution in [2.24, 2.45) is 7.05 Å². The minimum Gasteiger partial charge on any atom is -0.480 e. The molecule has 2 aromatic rings. The number of rotatable bonds is 4. The van der Waals surface area contributed by atoms with Crippen LogP contribution in [0, 0.1) is 12.3 Å². The number of nitrogens with zero attached hydrogens (tertiary/aromatic N) is 4. The van der Waals surface area contributed by atoms with Gasteiger partial charge in [0.05, 0.1) is 11.6 Å². The first-order chi connectivity index (χ1) is 8.63. The number of fused-ring (bicyclic) bond motifs is 1. The SMILES string of the molecule is C#CCC(Nc1ncnc2c1cnn2C)C(=O)O. The average molecular weight is 245 g/mol. The average Bonchev–Trinajstić information content (AvgIpc) is 2.72. The van der Waals surface area contributed by atoms with E-state index in [2.05, 4.69) is 26.3 Å². The summed E-state index contributed by atoms with van der Waals surface area (Å²) in [4.78, 5) is 19.1. The molecule has 18 heavy (non-hydrogen) atoms. The maximum absolute atomic E-state index is 11.0. The van der Waals surface area contributed by atoms with E-state index in [4.69, 9.17) is 11.5 Å². The summed E-state index contributed by atoms with van der Waals surface area (Å²) in [6.45, 7) is 0. The van der Waals surface area contributed by atoms with Crippen molar-refractivity contribution in [2.45, 2.75) is 12.5 Å². The molecule has 0 spiro atoms. The number of aromatic nitrogens is 4. The molecule has 0 bridgehead atoms. The molecule has 2 aromatic heterocycles. The fourth-order valence-corrected chi connectivity index (χ4v) is 1.56. The number of carboxylic acids is 1. The summed E-state index contributed by atoms with van der Waals surface area (Å²) in [6.07, 6.45) is 8.13. The van der Waals surface area contributed by atoms with Gasteiger partial charge in [-0.1, -0.05) is 0 Å². The predicted octanol–water partition coefficient (Wildman–Crippen LogP) is 0.252. The Bertz CT molecular complexity index is 628. The van der Waals surface area contributed by atoms with Crippen LogP contribution in [0.15, 0.2) is 12.5 Å². The van der Waals surface area contributed by atoms with Gasteiger partial charge in [-0.2, -0.15) is 5.10 Å². The van der Waals surface area contributed by atoms with Gasteiger partial charge in [0.1, 0.15) is 18.2 Å². The van der Waals surface area contributed by atoms with E-state index in [9.17, 15) is 4.79 Å². The van der Waals surface area contributed by atoms with Crippen LogP contribution in [0.3, 0.4) is 0 Å². The smallest absolute Gasteiger partial charge is 0.327 e. The monoisotopic (exact) mass is 245 g/mol. The maximum atomic E-state index is 11.0. The highest BCUT2D eigenvalue weighted by molar-refractivity contribution is 5.88. The second kappa shape index (κ2) is 4.71. The van der Waals surface area contributed by atoms with E-state index >= 15 is 0 Å². The summed E-state index contributed by atoms with van der Waals surface area (Å²) < 4.78 is 1.58. The Morgan fingerprint density at radius 3 is 3.11 bits per heavy atom. The topological polar surface area (TPSA) is 92.9 Å². The van der Waals surface area contributed by atoms with E-state index in [1.165, 1.54) is 6.33 Å². The van der Waals surface area contributed by atoms with Crippen molar-refractivity contribution in [3.05, 3.63) is 12.5 Å². The fraction of sp³-hybridized carbons (Fsp3) is 0.273. The third-order valence-electron chi connectivity index (χ3n) is 2.46. The Hall–Kier alpha value is -2.62. The Morgan fingerprint density at radius 1 is 1.67 bits per heavy atom. The van der Waals surface area contributed by atoms with Crippen LogP contribution in [0.5, 0.6) is 0 Å². The minimum absolute atomic E-state index is 0.0705. The van der Waals surface area contributed by atoms with Gasteiger partial charge in [0, 0.05) is 13.5 Å². The molecule has 2 rings (SSSR count). The number of hydrogen-bond acceptors (Lipinski definition) is 5. The summed E-state index contributed by atoms with van der Waals surface area (Å²) in [5, 5.41) is 16.5. The van der Waals surface area contributed by atoms with Gasteiger partial charge in [0.25, 0.3) is 0 Å². The molecule has 0 aliphatic carbocycles. The van der Waals surface area contributed by atoms with Gasteiger partial charge in [0.2, 0.25) is 0 Å². The van der Waals surface area contributed by atoms with Gasteiger partial charge in [0.15, 0.2) is 5.65 Å². The minimum atomic E-state index is -1.02. The normalized spacial score (nSPS) is 12.0. The standard InChI is InChI=1S/C11H11N5O2/c1-3-4-8(11(17)18)15-9-7-5-14-16(2)10(7)13-6-12-9/h1,5-6,8H,4H2,2H3,(H,17,18)(H,12,13,15). The van der Waals surface area contributed by atoms with E-state index in [-0.39, 0.29) is 6.42 Å². The Kier molecular flexibility index (Phi) is 3.10. The molecular formula is C11H11N5O2. The molecule has 0 aromatic carbocycles. The molecule has 2 N–H and O–H groups in total. The second-order valence-electron chi connectivity index (χ2n) is 3.67. The lowest BCUT2D eigenvalue weighted by Crippen LogP contribution is -2.29. The molecule has 0 radical (unpaired) electrons. The van der Waals surface area contributed by atoms with Crippen LogP contribution in [0.4, 0.5) is 5.82 Å². The highest BCUT2D eigenvalue weighted by atomic mass is 16.4. The van der Waals surface area contributed by atoms with Crippen LogP contribution in [0.1, 0.15) is 6.42 Å². The van der Waals surface area contributed by atoms with Crippen molar-refractivity contribution in [1.29, 1.82) is 0 Å². The Balaban J connectivity index is 2.37. The zero-order valence-corrected chi connectivity index (χ0v) is 9.66. The van der Waals surface area contributed by atoms with Crippen molar-refractivity contribution in [1.82, 2.24) is 19.7 Å². The summed E-state index contributed by atoms with van der Waals surface area (Å²) in [6, 6.07) is -0.881. The fourth-order valence-electron chi connectivity index (χ4n) is 1.56. The van der Waals surface area contributed by atoms with E-state index < -0.39 is 12.0 Å². The Morgan fingerprint density at radius 2 is 2.44 bits per heavy atom. The van der Waals surface area contributed by atoms with Crippen LogP contribution in [-0.4, -0.2) is 36.9 Å². The number of carboxylic acid groups (broad SMARTS) is 1. The van der Waals surface area contributed by atoms with Crippen LogP contribution in [0.25, 0.3) is 11.0 Å². The predicted molar refractivity (Wildman–Crippen MR) is 64.8 cm³/mol. The van der Waals surface area contributed by atoms with E-state index in [0.29, 0.717) is 16.9 Å². The molecule has 0 fully saturated rings. The van der Waals surface area contributed by atoms with E-state index in [1.807, 2.05) is 0 Å². The molecule has 2 heterocycles. The molecule has 0 aliphatic rings. The molecule has 1 atom stereocenters. The molecule has 0 saturated heterocycles. The zero-order valence-electron chi connectivity index (χ0n) is 9.66. The summed E-state index contributed by atoms with van der Waals surface area (Å²) >= 11 is 0. The molecule has 0 aliphatic heterocycles. The van der Waals surface area contributed by atoms with Crippen molar-refractivity contribution >= 4 is 22.8 Å². The Labute approximate surface area is 103 Å². The highest BCUT2D eigenvalue weighted by Crippen LogP contribution is 2.18. The highest BCUT2D eigenvalue weighted by Gasteiger charge is 2.18. The lowest BCUT2D eigenvalue weighted by Gasteiger charge is -2.12. The first-order valence-electron chi connectivity index (χ1n) is 5.19. The number of aliphatic carboxylic acids is 1. The number of hydrogen-bond donors (Lipinski definition) is 2. The molecular weight excluding hydrogens is 234 g/mol. The van der Waals surface area contributed by atoms with Gasteiger partial charge < -0.3 is 10.4 Å². The molecule has 0 amide bonds. The molecule has 7 nitrogen and oxygen atoms in total. The summed E-state index contributed by atoms with van der Waals surface area (Å²) in [5.41, 5.74) is 0.623. The lowest BCUT2D eigenvalue weighted by molar-refractivity contribution is -0.137. The quantitative estimate of drug-likeness (QED) is 0.750. The largest absolute Gasteiger partial charge is 0.480 e. The van der Waals surface area contributed by atoms with Crippen molar-refractivity contribution in [2.75, 3.05) is 5.32 Å². The van der Waals surface area contributed by atoms with Gasteiger partial charge in [-0.15, -0.1) is 12.3 Å². The molecule has 92 valence electrons. The van der Waals surface area contributed by atoms with Crippen LogP contribution in [0.2, 0.25) is 0 Å². The first kappa shape index (κ1) is 11.9. The number of anilines is 1. The van der Waals surface area contributed by atoms with Gasteiger partial charge in [-0.05, 0) is 0 Å². The van der Waals surface area contributed by atoms with Crippen molar-refractivity contribution in [3.63, 3.8) is 0 Å². The summed E-state index contributed by atoms with van der Waals surface area (Å²) in [5.74, 6) is 1.70. The van der Waals surface area contributed by atoms with Crippen molar-refractivity contribution in [3.8, 4) is 12.3 Å². The number of nitrogens with one attached hydrogen (secondary N) is 1. The molecule has 7 heteroatoms. The third-order valence-corrected chi connectivity index (χ3v) is 2.46. The number of aryl methyl sites for hydroxylation is 1. The van der Waals surface area contributed by atoms with Crippen molar-refractivity contribution < 1.29 is 9.90 Å². The first-order valence-corrected chi connectivity index (χ1v) is 5.19. The zero-order chi connectivity index (χ0) is 13.1. The second-order valence-corrected chi connectivity index (χ2v) is 3.67. The van der Waals surface area contributed by atoms with E-state index in [0.717, 1.165) is 0 Å². The van der Waals surface area contributed by atoms with Crippen LogP contribution in [-0.2, 0) is 11.8 Å². The van der Waals surface area contributed by atoms with E-state index in [1.54, 1.807) is 17.9 Å².